The van der Waals surface area contributed by atoms with E-state index in [-0.39, 0.29) is 17.6 Å². The SMILES string of the molecule is COC(=O)[C@H](Cc1ccccc1)NC(=O)[C@H](CC(=O)O)NCCC(C)(C)Cc1ccc(OC)c(O)c1. The first-order chi connectivity index (χ1) is 17.0. The Hall–Kier alpha value is -3.59. The standard InChI is InChI=1S/C27H36N2O7/c1-27(2,17-19-10-11-23(35-3)22(30)15-19)12-13-28-20(16-24(31)32)25(33)29-21(26(34)36-4)14-18-8-6-5-7-9-18/h5-11,15,20-21,28,30H,12-14,16-17H2,1-4H3,(H,29,33)(H,31,32)/t20-,21-/m0/s1. The van der Waals surface area contributed by atoms with Crippen LogP contribution < -0.4 is 15.4 Å². The minimum atomic E-state index is -1.13. The fraction of sp³-hybridized carbons (Fsp3) is 0.444. The first kappa shape index (κ1) is 28.6. The molecule has 4 N–H and O–H groups in total. The van der Waals surface area contributed by atoms with E-state index in [2.05, 4.69) is 24.5 Å². The third kappa shape index (κ3) is 9.22. The Morgan fingerprint density at radius 3 is 2.28 bits per heavy atom. The zero-order chi connectivity index (χ0) is 26.7. The molecule has 0 radical (unpaired) electrons. The third-order valence-corrected chi connectivity index (χ3v) is 5.90. The highest BCUT2D eigenvalue weighted by molar-refractivity contribution is 5.90. The maximum atomic E-state index is 13.0. The van der Waals surface area contributed by atoms with Crippen LogP contribution in [0.5, 0.6) is 11.5 Å². The molecule has 36 heavy (non-hydrogen) atoms. The second-order valence-electron chi connectivity index (χ2n) is 9.48. The number of carboxylic acid groups (broad SMARTS) is 1. The molecule has 0 saturated carbocycles. The average molecular weight is 501 g/mol. The highest BCUT2D eigenvalue weighted by atomic mass is 16.5. The quantitative estimate of drug-likeness (QED) is 0.291. The Labute approximate surface area is 211 Å². The van der Waals surface area contributed by atoms with Gasteiger partial charge >= 0.3 is 11.9 Å². The minimum Gasteiger partial charge on any atom is -0.504 e. The Kier molecular flexibility index (Phi) is 10.7. The predicted octanol–water partition coefficient (Wildman–Crippen LogP) is 2.69. The number of esters is 1. The van der Waals surface area contributed by atoms with Gasteiger partial charge in [-0.2, -0.15) is 0 Å². The summed E-state index contributed by atoms with van der Waals surface area (Å²) >= 11 is 0. The molecule has 2 atom stereocenters. The summed E-state index contributed by atoms with van der Waals surface area (Å²) in [5.41, 5.74) is 1.56. The van der Waals surface area contributed by atoms with Crippen LogP contribution in [-0.2, 0) is 32.0 Å². The van der Waals surface area contributed by atoms with E-state index in [0.717, 1.165) is 11.1 Å². The lowest BCUT2D eigenvalue weighted by Gasteiger charge is -2.27. The van der Waals surface area contributed by atoms with Crippen molar-refractivity contribution in [2.24, 2.45) is 5.41 Å². The number of amides is 1. The summed E-state index contributed by atoms with van der Waals surface area (Å²) in [6.07, 6.45) is 1.08. The first-order valence-corrected chi connectivity index (χ1v) is 11.8. The second-order valence-corrected chi connectivity index (χ2v) is 9.48. The van der Waals surface area contributed by atoms with Crippen molar-refractivity contribution in [2.75, 3.05) is 20.8 Å². The van der Waals surface area contributed by atoms with Gasteiger partial charge in [-0.25, -0.2) is 4.79 Å². The lowest BCUT2D eigenvalue weighted by atomic mass is 9.82. The largest absolute Gasteiger partial charge is 0.504 e. The number of aliphatic carboxylic acids is 1. The number of carbonyl (C=O) groups excluding carboxylic acids is 2. The number of rotatable bonds is 14. The van der Waals surface area contributed by atoms with Crippen LogP contribution in [0, 0.1) is 5.41 Å². The maximum absolute atomic E-state index is 13.0. The monoisotopic (exact) mass is 500 g/mol. The molecule has 0 aliphatic rings. The lowest BCUT2D eigenvalue weighted by Crippen LogP contribution is -2.52. The number of aromatic hydroxyl groups is 1. The number of hydrogen-bond donors (Lipinski definition) is 4. The molecule has 0 heterocycles. The molecule has 0 fully saturated rings. The van der Waals surface area contributed by atoms with Crippen molar-refractivity contribution >= 4 is 17.8 Å². The molecule has 1 amide bonds. The second kappa shape index (κ2) is 13.5. The molecule has 0 aromatic heterocycles. The van der Waals surface area contributed by atoms with Crippen LogP contribution in [-0.4, -0.2) is 60.9 Å². The Morgan fingerprint density at radius 2 is 1.69 bits per heavy atom. The normalized spacial score (nSPS) is 12.9. The molecular formula is C27H36N2O7. The molecule has 0 saturated heterocycles. The molecule has 0 unspecified atom stereocenters. The summed E-state index contributed by atoms with van der Waals surface area (Å²) in [4.78, 5) is 36.7. The van der Waals surface area contributed by atoms with Crippen molar-refractivity contribution < 1.29 is 34.1 Å². The molecule has 0 spiro atoms. The van der Waals surface area contributed by atoms with E-state index < -0.39 is 36.4 Å². The van der Waals surface area contributed by atoms with Gasteiger partial charge in [0, 0.05) is 6.42 Å². The molecule has 9 heteroatoms. The summed E-state index contributed by atoms with van der Waals surface area (Å²) in [5, 5.41) is 25.0. The zero-order valence-corrected chi connectivity index (χ0v) is 21.2. The average Bonchev–Trinajstić information content (AvgIpc) is 2.82. The molecule has 2 aromatic carbocycles. The Morgan fingerprint density at radius 1 is 1.00 bits per heavy atom. The highest BCUT2D eigenvalue weighted by Gasteiger charge is 2.28. The van der Waals surface area contributed by atoms with Gasteiger partial charge in [0.05, 0.1) is 26.7 Å². The van der Waals surface area contributed by atoms with Crippen molar-refractivity contribution in [2.45, 2.75) is 51.6 Å². The van der Waals surface area contributed by atoms with Gasteiger partial charge in [-0.1, -0.05) is 50.2 Å². The number of ether oxygens (including phenoxy) is 2. The lowest BCUT2D eigenvalue weighted by molar-refractivity contribution is -0.145. The van der Waals surface area contributed by atoms with E-state index in [1.165, 1.54) is 14.2 Å². The van der Waals surface area contributed by atoms with E-state index in [0.29, 0.717) is 25.1 Å². The van der Waals surface area contributed by atoms with Crippen LogP contribution in [0.15, 0.2) is 48.5 Å². The van der Waals surface area contributed by atoms with E-state index in [9.17, 15) is 24.6 Å². The summed E-state index contributed by atoms with van der Waals surface area (Å²) in [5.74, 6) is -1.85. The van der Waals surface area contributed by atoms with Crippen molar-refractivity contribution in [1.29, 1.82) is 0 Å². The summed E-state index contributed by atoms with van der Waals surface area (Å²) < 4.78 is 9.92. The molecular weight excluding hydrogens is 464 g/mol. The smallest absolute Gasteiger partial charge is 0.328 e. The van der Waals surface area contributed by atoms with Gasteiger partial charge in [-0.3, -0.25) is 9.59 Å². The van der Waals surface area contributed by atoms with Gasteiger partial charge in [-0.15, -0.1) is 0 Å². The topological polar surface area (TPSA) is 134 Å². The van der Waals surface area contributed by atoms with Crippen LogP contribution in [0.1, 0.15) is 37.8 Å². The van der Waals surface area contributed by atoms with Gasteiger partial charge in [0.2, 0.25) is 5.91 Å². The molecule has 2 rings (SSSR count). The van der Waals surface area contributed by atoms with Crippen molar-refractivity contribution in [3.05, 3.63) is 59.7 Å². The van der Waals surface area contributed by atoms with Gasteiger partial charge in [-0.05, 0) is 48.1 Å². The molecule has 196 valence electrons. The van der Waals surface area contributed by atoms with Crippen molar-refractivity contribution in [1.82, 2.24) is 10.6 Å². The van der Waals surface area contributed by atoms with Gasteiger partial charge in [0.1, 0.15) is 6.04 Å². The summed E-state index contributed by atoms with van der Waals surface area (Å²) in [6, 6.07) is 12.5. The number of carboxylic acids is 1. The number of phenols is 1. The maximum Gasteiger partial charge on any atom is 0.328 e. The fourth-order valence-electron chi connectivity index (χ4n) is 3.96. The molecule has 0 bridgehead atoms. The van der Waals surface area contributed by atoms with Crippen molar-refractivity contribution in [3.8, 4) is 11.5 Å². The van der Waals surface area contributed by atoms with Crippen LogP contribution in [0.25, 0.3) is 0 Å². The van der Waals surface area contributed by atoms with Crippen molar-refractivity contribution in [3.63, 3.8) is 0 Å². The Balaban J connectivity index is 2.01. The first-order valence-electron chi connectivity index (χ1n) is 11.8. The molecule has 0 aliphatic carbocycles. The van der Waals surface area contributed by atoms with E-state index in [1.807, 2.05) is 36.4 Å². The molecule has 2 aromatic rings. The fourth-order valence-corrected chi connectivity index (χ4v) is 3.96. The van der Waals surface area contributed by atoms with E-state index in [4.69, 9.17) is 9.47 Å². The van der Waals surface area contributed by atoms with Crippen LogP contribution in [0.2, 0.25) is 0 Å². The van der Waals surface area contributed by atoms with E-state index >= 15 is 0 Å². The number of methoxy groups -OCH3 is 2. The summed E-state index contributed by atoms with van der Waals surface area (Å²) in [7, 11) is 2.73. The number of carbonyl (C=O) groups is 3. The van der Waals surface area contributed by atoms with Gasteiger partial charge < -0.3 is 30.3 Å². The summed E-state index contributed by atoms with van der Waals surface area (Å²) in [6.45, 7) is 4.48. The van der Waals surface area contributed by atoms with E-state index in [1.54, 1.807) is 12.1 Å². The van der Waals surface area contributed by atoms with Gasteiger partial charge in [0.15, 0.2) is 11.5 Å². The number of hydrogen-bond acceptors (Lipinski definition) is 7. The highest BCUT2D eigenvalue weighted by Crippen LogP contribution is 2.31. The van der Waals surface area contributed by atoms with Gasteiger partial charge in [0.25, 0.3) is 0 Å². The zero-order valence-electron chi connectivity index (χ0n) is 21.2. The molecule has 0 aliphatic heterocycles. The number of phenolic OH excluding ortho intramolecular Hbond substituents is 1. The van der Waals surface area contributed by atoms with Crippen LogP contribution >= 0.6 is 0 Å². The Bertz CT molecular complexity index is 1020. The minimum absolute atomic E-state index is 0.0674. The molecule has 9 nitrogen and oxygen atoms in total. The predicted molar refractivity (Wildman–Crippen MR) is 135 cm³/mol. The van der Waals surface area contributed by atoms with Crippen LogP contribution in [0.3, 0.4) is 0 Å². The van der Waals surface area contributed by atoms with Crippen LogP contribution in [0.4, 0.5) is 0 Å². The number of nitrogens with one attached hydrogen (secondary N) is 2. The number of benzene rings is 2. The third-order valence-electron chi connectivity index (χ3n) is 5.90.